The maximum atomic E-state index is 13.1. The molecule has 7 nitrogen and oxygen atoms in total. The van der Waals surface area contributed by atoms with Gasteiger partial charge in [0.05, 0.1) is 5.92 Å². The van der Waals surface area contributed by atoms with Crippen LogP contribution in [0.3, 0.4) is 0 Å². The molecule has 0 spiro atoms. The Morgan fingerprint density at radius 3 is 2.24 bits per heavy atom. The molecule has 1 saturated heterocycles. The molecule has 33 heavy (non-hydrogen) atoms. The van der Waals surface area contributed by atoms with Crippen LogP contribution in [0.5, 0.6) is 0 Å². The van der Waals surface area contributed by atoms with Crippen molar-refractivity contribution in [2.45, 2.75) is 38.6 Å². The summed E-state index contributed by atoms with van der Waals surface area (Å²) in [4.78, 5) is 38.7. The lowest BCUT2D eigenvalue weighted by molar-refractivity contribution is -0.141. The number of amides is 2. The highest BCUT2D eigenvalue weighted by molar-refractivity contribution is 5.87. The molecule has 2 N–H and O–H groups in total. The van der Waals surface area contributed by atoms with Crippen LogP contribution in [0.25, 0.3) is 11.1 Å². The molecule has 1 fully saturated rings. The molecular formula is C26H30N2O5. The molecule has 4 rings (SSSR count). The fourth-order valence-corrected chi connectivity index (χ4v) is 4.81. The van der Waals surface area contributed by atoms with E-state index in [1.807, 2.05) is 38.1 Å². The summed E-state index contributed by atoms with van der Waals surface area (Å²) in [6.45, 7) is 4.58. The van der Waals surface area contributed by atoms with Crippen LogP contribution in [-0.2, 0) is 14.3 Å². The van der Waals surface area contributed by atoms with Crippen molar-refractivity contribution in [3.8, 4) is 11.1 Å². The van der Waals surface area contributed by atoms with Crippen molar-refractivity contribution in [2.75, 3.05) is 19.7 Å². The average Bonchev–Trinajstić information content (AvgIpc) is 3.44. The standard InChI is InChI=1S/C26H30N2O5/c1-3-16(2)23(24(29)28-13-12-17(14-28)25(30)31)27-26(32)33-15-22-20-10-6-4-8-18(20)19-9-5-7-11-21(19)22/h4-11,16-17,22-23H,3,12-15H2,1-2H3,(H,27,32)(H,30,31)/t16?,17?,23-/m0/s1. The Bertz CT molecular complexity index is 1010. The second kappa shape index (κ2) is 9.65. The van der Waals surface area contributed by atoms with E-state index in [1.165, 1.54) is 0 Å². The Labute approximate surface area is 193 Å². The highest BCUT2D eigenvalue weighted by Crippen LogP contribution is 2.44. The van der Waals surface area contributed by atoms with Gasteiger partial charge in [-0.15, -0.1) is 0 Å². The summed E-state index contributed by atoms with van der Waals surface area (Å²) in [5.74, 6) is -1.87. The molecule has 1 heterocycles. The minimum atomic E-state index is -0.894. The molecular weight excluding hydrogens is 420 g/mol. The summed E-state index contributed by atoms with van der Waals surface area (Å²) < 4.78 is 5.62. The Kier molecular flexibility index (Phi) is 6.67. The van der Waals surface area contributed by atoms with E-state index in [0.29, 0.717) is 19.4 Å². The van der Waals surface area contributed by atoms with Gasteiger partial charge in [-0.2, -0.15) is 0 Å². The fraction of sp³-hybridized carbons (Fsp3) is 0.423. The molecule has 2 aromatic rings. The monoisotopic (exact) mass is 450 g/mol. The summed E-state index contributed by atoms with van der Waals surface area (Å²) in [6.07, 6.45) is 0.486. The van der Waals surface area contributed by atoms with Crippen LogP contribution in [0.15, 0.2) is 48.5 Å². The quantitative estimate of drug-likeness (QED) is 0.668. The van der Waals surface area contributed by atoms with E-state index in [2.05, 4.69) is 29.6 Å². The number of ether oxygens (including phenoxy) is 1. The van der Waals surface area contributed by atoms with Crippen molar-refractivity contribution >= 4 is 18.0 Å². The largest absolute Gasteiger partial charge is 0.481 e. The van der Waals surface area contributed by atoms with Gasteiger partial charge < -0.3 is 20.1 Å². The molecule has 3 atom stereocenters. The number of aliphatic carboxylic acids is 1. The number of carboxylic acids is 1. The number of alkyl carbamates (subject to hydrolysis) is 1. The first-order valence-corrected chi connectivity index (χ1v) is 11.5. The van der Waals surface area contributed by atoms with E-state index in [4.69, 9.17) is 4.74 Å². The van der Waals surface area contributed by atoms with Crippen molar-refractivity contribution in [3.05, 3.63) is 59.7 Å². The number of carbonyl (C=O) groups is 3. The smallest absolute Gasteiger partial charge is 0.407 e. The predicted molar refractivity (Wildman–Crippen MR) is 124 cm³/mol. The Morgan fingerprint density at radius 1 is 1.09 bits per heavy atom. The first-order valence-electron chi connectivity index (χ1n) is 11.5. The van der Waals surface area contributed by atoms with Gasteiger partial charge in [0.15, 0.2) is 0 Å². The minimum Gasteiger partial charge on any atom is -0.481 e. The van der Waals surface area contributed by atoms with E-state index < -0.39 is 24.0 Å². The van der Waals surface area contributed by atoms with Crippen molar-refractivity contribution < 1.29 is 24.2 Å². The van der Waals surface area contributed by atoms with E-state index in [0.717, 1.165) is 22.3 Å². The number of rotatable bonds is 7. The topological polar surface area (TPSA) is 95.9 Å². The van der Waals surface area contributed by atoms with E-state index >= 15 is 0 Å². The van der Waals surface area contributed by atoms with Gasteiger partial charge in [-0.05, 0) is 34.6 Å². The van der Waals surface area contributed by atoms with E-state index in [-0.39, 0.29) is 30.9 Å². The first-order chi connectivity index (χ1) is 15.9. The molecule has 1 aliphatic heterocycles. The summed E-state index contributed by atoms with van der Waals surface area (Å²) in [5.41, 5.74) is 4.55. The van der Waals surface area contributed by atoms with Crippen molar-refractivity contribution in [3.63, 3.8) is 0 Å². The van der Waals surface area contributed by atoms with Gasteiger partial charge in [0.1, 0.15) is 12.6 Å². The van der Waals surface area contributed by atoms with Crippen LogP contribution >= 0.6 is 0 Å². The fourth-order valence-electron chi connectivity index (χ4n) is 4.81. The summed E-state index contributed by atoms with van der Waals surface area (Å²) >= 11 is 0. The number of likely N-dealkylation sites (tertiary alicyclic amines) is 1. The number of benzene rings is 2. The highest BCUT2D eigenvalue weighted by Gasteiger charge is 2.37. The van der Waals surface area contributed by atoms with Gasteiger partial charge >= 0.3 is 12.1 Å². The first kappa shape index (κ1) is 22.8. The lowest BCUT2D eigenvalue weighted by Gasteiger charge is -2.28. The zero-order chi connectivity index (χ0) is 23.5. The molecule has 0 aromatic heterocycles. The molecule has 2 aromatic carbocycles. The second-order valence-electron chi connectivity index (χ2n) is 8.94. The van der Waals surface area contributed by atoms with E-state index in [9.17, 15) is 19.5 Å². The van der Waals surface area contributed by atoms with Gasteiger partial charge in [-0.25, -0.2) is 4.79 Å². The predicted octanol–water partition coefficient (Wildman–Crippen LogP) is 3.87. The number of hydrogen-bond donors (Lipinski definition) is 2. The van der Waals surface area contributed by atoms with Gasteiger partial charge in [-0.3, -0.25) is 9.59 Å². The number of carboxylic acid groups (broad SMARTS) is 1. The molecule has 2 aliphatic rings. The van der Waals surface area contributed by atoms with Gasteiger partial charge in [0.2, 0.25) is 5.91 Å². The molecule has 0 radical (unpaired) electrons. The van der Waals surface area contributed by atoms with Crippen LogP contribution in [0.2, 0.25) is 0 Å². The minimum absolute atomic E-state index is 0.0594. The van der Waals surface area contributed by atoms with Gasteiger partial charge in [0.25, 0.3) is 0 Å². The molecule has 7 heteroatoms. The third-order valence-electron chi connectivity index (χ3n) is 6.95. The lowest BCUT2D eigenvalue weighted by Crippen LogP contribution is -2.51. The number of fused-ring (bicyclic) bond motifs is 3. The Balaban J connectivity index is 1.42. The van der Waals surface area contributed by atoms with Gasteiger partial charge in [-0.1, -0.05) is 68.8 Å². The molecule has 174 valence electrons. The molecule has 0 bridgehead atoms. The Hall–Kier alpha value is -3.35. The van der Waals surface area contributed by atoms with Crippen molar-refractivity contribution in [2.24, 2.45) is 11.8 Å². The van der Waals surface area contributed by atoms with Crippen LogP contribution in [0, 0.1) is 11.8 Å². The van der Waals surface area contributed by atoms with Gasteiger partial charge in [0, 0.05) is 19.0 Å². The molecule has 2 amide bonds. The SMILES string of the molecule is CCC(C)[C@H](NC(=O)OCC1c2ccccc2-c2ccccc21)C(=O)N1CCC(C(=O)O)C1. The Morgan fingerprint density at radius 2 is 1.70 bits per heavy atom. The van der Waals surface area contributed by atoms with Crippen LogP contribution in [-0.4, -0.2) is 53.7 Å². The third kappa shape index (κ3) is 4.58. The average molecular weight is 451 g/mol. The number of carbonyl (C=O) groups excluding carboxylic acids is 2. The summed E-state index contributed by atoms with van der Waals surface area (Å²) in [7, 11) is 0. The van der Waals surface area contributed by atoms with Crippen LogP contribution in [0.1, 0.15) is 43.7 Å². The molecule has 0 saturated carbocycles. The van der Waals surface area contributed by atoms with E-state index in [1.54, 1.807) is 4.90 Å². The van der Waals surface area contributed by atoms with Crippen LogP contribution < -0.4 is 5.32 Å². The molecule has 2 unspecified atom stereocenters. The lowest BCUT2D eigenvalue weighted by atomic mass is 9.97. The third-order valence-corrected chi connectivity index (χ3v) is 6.95. The maximum absolute atomic E-state index is 13.1. The second-order valence-corrected chi connectivity index (χ2v) is 8.94. The normalized spacial score (nSPS) is 18.8. The number of nitrogens with zero attached hydrogens (tertiary/aromatic N) is 1. The molecule has 1 aliphatic carbocycles. The zero-order valence-electron chi connectivity index (χ0n) is 19.0. The number of hydrogen-bond acceptors (Lipinski definition) is 4. The van der Waals surface area contributed by atoms with Crippen molar-refractivity contribution in [1.29, 1.82) is 0 Å². The number of nitrogens with one attached hydrogen (secondary N) is 1. The summed E-state index contributed by atoms with van der Waals surface area (Å²) in [5, 5.41) is 12.0. The van der Waals surface area contributed by atoms with Crippen LogP contribution in [0.4, 0.5) is 4.79 Å². The van der Waals surface area contributed by atoms with Crippen molar-refractivity contribution in [1.82, 2.24) is 10.2 Å². The zero-order valence-corrected chi connectivity index (χ0v) is 19.0. The summed E-state index contributed by atoms with van der Waals surface area (Å²) in [6, 6.07) is 15.5. The highest BCUT2D eigenvalue weighted by atomic mass is 16.5. The maximum Gasteiger partial charge on any atom is 0.407 e.